The zero-order chi connectivity index (χ0) is 28.2. The molecule has 7 nitrogen and oxygen atoms in total. The lowest BCUT2D eigenvalue weighted by Crippen LogP contribution is -2.40. The van der Waals surface area contributed by atoms with Crippen molar-refractivity contribution in [2.75, 3.05) is 7.11 Å². The van der Waals surface area contributed by atoms with Gasteiger partial charge in [-0.2, -0.15) is 5.26 Å². The molecule has 200 valence electrons. The van der Waals surface area contributed by atoms with Crippen LogP contribution in [0.2, 0.25) is 5.02 Å². The molecular formula is C31H24ClN3O4S. The first kappa shape index (κ1) is 27.1. The van der Waals surface area contributed by atoms with Crippen molar-refractivity contribution in [1.29, 1.82) is 5.26 Å². The summed E-state index contributed by atoms with van der Waals surface area (Å²) >= 11 is 7.56. The molecule has 0 bridgehead atoms. The summed E-state index contributed by atoms with van der Waals surface area (Å²) in [5.41, 5.74) is 3.53. The molecule has 0 spiro atoms. The van der Waals surface area contributed by atoms with Crippen molar-refractivity contribution in [2.24, 2.45) is 4.99 Å². The van der Waals surface area contributed by atoms with Gasteiger partial charge in [-0.05, 0) is 54.0 Å². The number of hydrogen-bond donors (Lipinski definition) is 0. The number of hydrogen-bond acceptors (Lipinski definition) is 7. The third-order valence-corrected chi connectivity index (χ3v) is 7.72. The summed E-state index contributed by atoms with van der Waals surface area (Å²) in [6.45, 7) is 2.19. The van der Waals surface area contributed by atoms with Crippen molar-refractivity contribution in [3.05, 3.63) is 131 Å². The Morgan fingerprint density at radius 2 is 1.90 bits per heavy atom. The normalized spacial score (nSPS) is 14.8. The predicted molar refractivity (Wildman–Crippen MR) is 154 cm³/mol. The number of aromatic nitrogens is 1. The number of nitrogens with zero attached hydrogens (tertiary/aromatic N) is 3. The molecular weight excluding hydrogens is 546 g/mol. The van der Waals surface area contributed by atoms with Gasteiger partial charge >= 0.3 is 5.97 Å². The third-order valence-electron chi connectivity index (χ3n) is 6.50. The van der Waals surface area contributed by atoms with Crippen LogP contribution in [0.1, 0.15) is 41.6 Å². The van der Waals surface area contributed by atoms with Crippen molar-refractivity contribution < 1.29 is 14.3 Å². The van der Waals surface area contributed by atoms with E-state index in [1.165, 1.54) is 18.4 Å². The van der Waals surface area contributed by atoms with Gasteiger partial charge in [-0.3, -0.25) is 9.36 Å². The molecule has 4 aromatic rings. The van der Waals surface area contributed by atoms with Crippen LogP contribution in [0.3, 0.4) is 0 Å². The number of ether oxygens (including phenoxy) is 2. The van der Waals surface area contributed by atoms with Crippen molar-refractivity contribution in [3.8, 4) is 11.8 Å². The first-order valence-electron chi connectivity index (χ1n) is 12.5. The Balaban J connectivity index is 1.61. The van der Waals surface area contributed by atoms with E-state index >= 15 is 0 Å². The number of benzene rings is 3. The largest absolute Gasteiger partial charge is 0.488 e. The lowest BCUT2D eigenvalue weighted by atomic mass is 9.95. The van der Waals surface area contributed by atoms with E-state index in [2.05, 4.69) is 6.07 Å². The summed E-state index contributed by atoms with van der Waals surface area (Å²) in [4.78, 5) is 32.0. The van der Waals surface area contributed by atoms with Gasteiger partial charge < -0.3 is 9.47 Å². The van der Waals surface area contributed by atoms with Crippen LogP contribution >= 0.6 is 22.9 Å². The van der Waals surface area contributed by atoms with Crippen LogP contribution < -0.4 is 19.6 Å². The summed E-state index contributed by atoms with van der Waals surface area (Å²) in [6.07, 6.45) is 2.24. The Bertz CT molecular complexity index is 1830. The maximum Gasteiger partial charge on any atom is 0.338 e. The second kappa shape index (κ2) is 11.7. The fourth-order valence-electron chi connectivity index (χ4n) is 4.56. The fraction of sp³-hybridized carbons (Fsp3) is 0.161. The number of halogens is 1. The molecule has 3 aromatic carbocycles. The van der Waals surface area contributed by atoms with E-state index in [4.69, 9.17) is 31.3 Å². The number of esters is 1. The van der Waals surface area contributed by atoms with Gasteiger partial charge in [-0.25, -0.2) is 9.79 Å². The van der Waals surface area contributed by atoms with Crippen molar-refractivity contribution in [1.82, 2.24) is 4.57 Å². The van der Waals surface area contributed by atoms with E-state index in [0.717, 1.165) is 11.1 Å². The van der Waals surface area contributed by atoms with Crippen molar-refractivity contribution >= 4 is 35.0 Å². The van der Waals surface area contributed by atoms with E-state index in [-0.39, 0.29) is 12.2 Å². The highest BCUT2D eigenvalue weighted by atomic mass is 35.5. The number of allylic oxidation sites excluding steroid dienone is 1. The maximum absolute atomic E-state index is 13.9. The number of carbonyl (C=O) groups excluding carboxylic acids is 1. The Kier molecular flexibility index (Phi) is 7.96. The first-order valence-corrected chi connectivity index (χ1v) is 13.7. The highest BCUT2D eigenvalue weighted by Gasteiger charge is 2.33. The average molecular weight is 570 g/mol. The van der Waals surface area contributed by atoms with E-state index in [1.807, 2.05) is 49.4 Å². The second-order valence-corrected chi connectivity index (χ2v) is 10.4. The topological polar surface area (TPSA) is 93.7 Å². The quantitative estimate of drug-likeness (QED) is 0.295. The first-order chi connectivity index (χ1) is 19.4. The minimum atomic E-state index is -0.673. The lowest BCUT2D eigenvalue weighted by Gasteiger charge is -2.25. The smallest absolute Gasteiger partial charge is 0.338 e. The molecule has 0 aliphatic carbocycles. The van der Waals surface area contributed by atoms with Crippen molar-refractivity contribution in [3.63, 3.8) is 0 Å². The van der Waals surface area contributed by atoms with Crippen molar-refractivity contribution in [2.45, 2.75) is 26.0 Å². The standard InChI is InChI=1S/C31H24ClN3O4S/c1-3-24-27(30(37)38-2)28(21-7-5-4-6-8-21)35-29(36)26(40-31(35)34-24)16-22-15-23(32)13-14-25(22)39-18-20-11-9-19(17-33)10-12-20/h4-16,28H,3,18H2,1-2H3/b26-16+/t28-/m0/s1. The SMILES string of the molecule is CCC1=C(C(=O)OC)[C@H](c2ccccc2)n2c(s/c(=C/c3cc(Cl)ccc3OCc3ccc(C#N)cc3)c2=O)=N1. The molecule has 40 heavy (non-hydrogen) atoms. The van der Waals surface area contributed by atoms with Gasteiger partial charge in [0, 0.05) is 10.6 Å². The number of rotatable bonds is 7. The van der Waals surface area contributed by atoms with E-state index in [1.54, 1.807) is 41.0 Å². The van der Waals surface area contributed by atoms with E-state index in [9.17, 15) is 9.59 Å². The van der Waals surface area contributed by atoms with Gasteiger partial charge in [-0.1, -0.05) is 72.3 Å². The Labute approximate surface area is 239 Å². The Morgan fingerprint density at radius 1 is 1.15 bits per heavy atom. The number of nitriles is 1. The summed E-state index contributed by atoms with van der Waals surface area (Å²) in [5.74, 6) is 0.0285. The number of carbonyl (C=O) groups is 1. The fourth-order valence-corrected chi connectivity index (χ4v) is 5.75. The molecule has 1 aliphatic heterocycles. The second-order valence-electron chi connectivity index (χ2n) is 8.98. The van der Waals surface area contributed by atoms with Crippen LogP contribution in [0.5, 0.6) is 5.75 Å². The van der Waals surface area contributed by atoms with Crippen LogP contribution in [-0.2, 0) is 16.1 Å². The molecule has 1 aliphatic rings. The predicted octanol–water partition coefficient (Wildman–Crippen LogP) is 4.90. The maximum atomic E-state index is 13.9. The van der Waals surface area contributed by atoms with Gasteiger partial charge in [0.15, 0.2) is 4.80 Å². The highest BCUT2D eigenvalue weighted by Crippen LogP contribution is 2.32. The Morgan fingerprint density at radius 3 is 2.58 bits per heavy atom. The molecule has 1 aromatic heterocycles. The van der Waals surface area contributed by atoms with Gasteiger partial charge in [0.2, 0.25) is 0 Å². The lowest BCUT2D eigenvalue weighted by molar-refractivity contribution is -0.136. The molecule has 0 saturated carbocycles. The molecule has 0 unspecified atom stereocenters. The highest BCUT2D eigenvalue weighted by molar-refractivity contribution is 7.07. The van der Waals surface area contributed by atoms with Crippen LogP contribution in [0, 0.1) is 11.3 Å². The zero-order valence-corrected chi connectivity index (χ0v) is 23.3. The van der Waals surface area contributed by atoms with Crippen LogP contribution in [0.4, 0.5) is 0 Å². The summed E-state index contributed by atoms with van der Waals surface area (Å²) in [7, 11) is 1.33. The van der Waals surface area contributed by atoms with Gasteiger partial charge in [0.25, 0.3) is 5.56 Å². The minimum absolute atomic E-state index is 0.270. The molecule has 1 atom stereocenters. The minimum Gasteiger partial charge on any atom is -0.488 e. The third kappa shape index (κ3) is 5.34. The van der Waals surface area contributed by atoms with Crippen LogP contribution in [0.25, 0.3) is 6.08 Å². The molecule has 9 heteroatoms. The number of methoxy groups -OCH3 is 1. The van der Waals surface area contributed by atoms with Crippen LogP contribution in [-0.4, -0.2) is 17.6 Å². The molecule has 0 amide bonds. The van der Waals surface area contributed by atoms with Crippen LogP contribution in [0.15, 0.2) is 93.9 Å². The molecule has 0 fully saturated rings. The molecule has 5 rings (SSSR count). The number of fused-ring (bicyclic) bond motifs is 1. The molecule has 2 heterocycles. The van der Waals surface area contributed by atoms with E-state index in [0.29, 0.717) is 48.9 Å². The average Bonchev–Trinajstić information content (AvgIpc) is 3.30. The monoisotopic (exact) mass is 569 g/mol. The van der Waals surface area contributed by atoms with Gasteiger partial charge in [-0.15, -0.1) is 0 Å². The number of thiazole rings is 1. The van der Waals surface area contributed by atoms with Gasteiger partial charge in [0.05, 0.1) is 40.6 Å². The Hall–Kier alpha value is -4.45. The van der Waals surface area contributed by atoms with E-state index < -0.39 is 12.0 Å². The molecule has 0 saturated heterocycles. The summed E-state index contributed by atoms with van der Waals surface area (Å²) in [6, 6.07) is 23.2. The van der Waals surface area contributed by atoms with Gasteiger partial charge in [0.1, 0.15) is 12.4 Å². The zero-order valence-electron chi connectivity index (χ0n) is 21.8. The molecule has 0 N–H and O–H groups in total. The summed E-state index contributed by atoms with van der Waals surface area (Å²) < 4.78 is 13.2. The summed E-state index contributed by atoms with van der Waals surface area (Å²) in [5, 5.41) is 9.52. The molecule has 0 radical (unpaired) electrons.